The molecule has 0 saturated heterocycles. The van der Waals surface area contributed by atoms with Crippen molar-refractivity contribution in [2.75, 3.05) is 11.9 Å². The van der Waals surface area contributed by atoms with E-state index in [2.05, 4.69) is 5.32 Å². The number of rotatable bonds is 9. The maximum Gasteiger partial charge on any atom is 0.307 e. The predicted octanol–water partition coefficient (Wildman–Crippen LogP) is 5.88. The molecule has 3 aromatic rings. The van der Waals surface area contributed by atoms with Gasteiger partial charge in [0.25, 0.3) is 5.91 Å². The third kappa shape index (κ3) is 5.84. The van der Waals surface area contributed by atoms with E-state index in [1.807, 2.05) is 42.8 Å². The number of nitrogens with one attached hydrogen (secondary N) is 1. The van der Waals surface area contributed by atoms with E-state index >= 15 is 0 Å². The molecule has 0 fully saturated rings. The topological polar surface area (TPSA) is 80.6 Å². The highest BCUT2D eigenvalue weighted by molar-refractivity contribution is 6.34. The number of carbonyl (C=O) groups excluding carboxylic acids is 1. The first-order chi connectivity index (χ1) is 15.3. The van der Waals surface area contributed by atoms with E-state index in [0.717, 1.165) is 5.69 Å². The molecule has 32 heavy (non-hydrogen) atoms. The molecule has 0 aliphatic rings. The number of amides is 1. The van der Waals surface area contributed by atoms with Gasteiger partial charge in [0.05, 0.1) is 34.3 Å². The van der Waals surface area contributed by atoms with Crippen LogP contribution in [0.25, 0.3) is 0 Å². The van der Waals surface area contributed by atoms with Crippen LogP contribution < -0.4 is 10.1 Å². The van der Waals surface area contributed by atoms with E-state index in [1.165, 1.54) is 0 Å². The number of ether oxygens (including phenoxy) is 1. The highest BCUT2D eigenvalue weighted by atomic mass is 35.5. The number of carbonyl (C=O) groups is 2. The van der Waals surface area contributed by atoms with Crippen molar-refractivity contribution in [1.29, 1.82) is 0 Å². The van der Waals surface area contributed by atoms with E-state index in [1.54, 1.807) is 30.3 Å². The highest BCUT2D eigenvalue weighted by Crippen LogP contribution is 2.27. The average Bonchev–Trinajstić information content (AvgIpc) is 3.16. The van der Waals surface area contributed by atoms with Crippen LogP contribution in [0.15, 0.2) is 54.7 Å². The molecule has 0 radical (unpaired) electrons. The van der Waals surface area contributed by atoms with Gasteiger partial charge in [0.15, 0.2) is 0 Å². The number of carboxylic acids is 1. The Kier molecular flexibility index (Phi) is 7.83. The molecule has 1 aromatic heterocycles. The third-order valence-corrected chi connectivity index (χ3v) is 5.50. The smallest absolute Gasteiger partial charge is 0.307 e. The van der Waals surface area contributed by atoms with Crippen LogP contribution in [0.4, 0.5) is 5.69 Å². The first-order valence-electron chi connectivity index (χ1n) is 10.1. The Bertz CT molecular complexity index is 1120. The van der Waals surface area contributed by atoms with E-state index < -0.39 is 5.97 Å². The number of aliphatic carboxylic acids is 1. The van der Waals surface area contributed by atoms with Gasteiger partial charge in [-0.2, -0.15) is 0 Å². The summed E-state index contributed by atoms with van der Waals surface area (Å²) in [5, 5.41) is 12.7. The summed E-state index contributed by atoms with van der Waals surface area (Å²) in [7, 11) is 0. The lowest BCUT2D eigenvalue weighted by atomic mass is 10.0. The molecular formula is C24H24Cl2N2O4. The number of aromatic nitrogens is 1. The van der Waals surface area contributed by atoms with E-state index in [4.69, 9.17) is 33.0 Å². The number of anilines is 1. The van der Waals surface area contributed by atoms with Gasteiger partial charge in [-0.25, -0.2) is 0 Å². The van der Waals surface area contributed by atoms with Crippen molar-refractivity contribution < 1.29 is 19.4 Å². The van der Waals surface area contributed by atoms with Gasteiger partial charge in [-0.1, -0.05) is 55.2 Å². The summed E-state index contributed by atoms with van der Waals surface area (Å²) in [6.45, 7) is 4.96. The minimum atomic E-state index is -0.956. The normalized spacial score (nSPS) is 10.9. The first kappa shape index (κ1) is 23.7. The molecule has 1 amide bonds. The molecule has 3 rings (SSSR count). The summed E-state index contributed by atoms with van der Waals surface area (Å²) >= 11 is 12.4. The van der Waals surface area contributed by atoms with Crippen LogP contribution in [0.2, 0.25) is 10.0 Å². The van der Waals surface area contributed by atoms with Gasteiger partial charge in [-0.3, -0.25) is 9.59 Å². The zero-order valence-electron chi connectivity index (χ0n) is 17.8. The van der Waals surface area contributed by atoms with Crippen molar-refractivity contribution in [2.24, 2.45) is 0 Å². The van der Waals surface area contributed by atoms with E-state index in [-0.39, 0.29) is 18.2 Å². The van der Waals surface area contributed by atoms with Gasteiger partial charge in [0.2, 0.25) is 0 Å². The summed E-state index contributed by atoms with van der Waals surface area (Å²) in [6.07, 6.45) is 1.70. The number of halogens is 2. The number of para-hydroxylation sites is 1. The largest absolute Gasteiger partial charge is 0.490 e. The fourth-order valence-corrected chi connectivity index (χ4v) is 3.83. The number of benzene rings is 2. The minimum absolute atomic E-state index is 0.0832. The third-order valence-electron chi connectivity index (χ3n) is 4.86. The number of hydrogen-bond acceptors (Lipinski definition) is 3. The minimum Gasteiger partial charge on any atom is -0.490 e. The lowest BCUT2D eigenvalue weighted by Gasteiger charge is -2.16. The standard InChI is InChI=1S/C24H24Cl2N2O4/c1-15(2)23-17(9-10-28(23)11-12-32-21-6-4-3-5-19(21)26)24(31)27-20-13-16(14-22(29)30)7-8-18(20)25/h3-10,13,15H,11-12,14H2,1-2H3,(H,27,31)(H,29,30). The van der Waals surface area contributed by atoms with Gasteiger partial charge in [-0.15, -0.1) is 0 Å². The molecule has 8 heteroatoms. The van der Waals surface area contributed by atoms with Crippen LogP contribution >= 0.6 is 23.2 Å². The zero-order chi connectivity index (χ0) is 23.3. The van der Waals surface area contributed by atoms with Crippen molar-refractivity contribution in [2.45, 2.75) is 32.7 Å². The van der Waals surface area contributed by atoms with Crippen LogP contribution in [0.5, 0.6) is 5.75 Å². The molecule has 0 bridgehead atoms. The molecule has 0 aliphatic heterocycles. The monoisotopic (exact) mass is 474 g/mol. The number of carboxylic acid groups (broad SMARTS) is 1. The molecule has 6 nitrogen and oxygen atoms in total. The molecular weight excluding hydrogens is 451 g/mol. The van der Waals surface area contributed by atoms with Crippen LogP contribution in [-0.2, 0) is 17.8 Å². The molecule has 0 aliphatic carbocycles. The fourth-order valence-electron chi connectivity index (χ4n) is 3.47. The van der Waals surface area contributed by atoms with Gasteiger partial charge in [-0.05, 0) is 41.8 Å². The highest BCUT2D eigenvalue weighted by Gasteiger charge is 2.20. The predicted molar refractivity (Wildman–Crippen MR) is 126 cm³/mol. The summed E-state index contributed by atoms with van der Waals surface area (Å²) in [5.41, 5.74) is 2.32. The molecule has 0 atom stereocenters. The van der Waals surface area contributed by atoms with E-state index in [0.29, 0.717) is 45.8 Å². The second-order valence-corrected chi connectivity index (χ2v) is 8.39. The molecule has 2 aromatic carbocycles. The summed E-state index contributed by atoms with van der Waals surface area (Å²) in [4.78, 5) is 24.0. The number of hydrogen-bond donors (Lipinski definition) is 2. The Morgan fingerprint density at radius 1 is 1.09 bits per heavy atom. The zero-order valence-corrected chi connectivity index (χ0v) is 19.3. The summed E-state index contributed by atoms with van der Waals surface area (Å²) in [6, 6.07) is 13.8. The SMILES string of the molecule is CC(C)c1c(C(=O)Nc2cc(CC(=O)O)ccc2Cl)ccn1CCOc1ccccc1Cl. The average molecular weight is 475 g/mol. The van der Waals surface area contributed by atoms with Gasteiger partial charge >= 0.3 is 5.97 Å². The lowest BCUT2D eigenvalue weighted by molar-refractivity contribution is -0.136. The quantitative estimate of drug-likeness (QED) is 0.405. The fraction of sp³-hybridized carbons (Fsp3) is 0.250. The second-order valence-electron chi connectivity index (χ2n) is 7.58. The van der Waals surface area contributed by atoms with Crippen molar-refractivity contribution in [3.63, 3.8) is 0 Å². The molecule has 0 spiro atoms. The van der Waals surface area contributed by atoms with Crippen molar-refractivity contribution in [3.05, 3.63) is 81.6 Å². The molecule has 0 saturated carbocycles. The van der Waals surface area contributed by atoms with Crippen LogP contribution in [0, 0.1) is 0 Å². The Morgan fingerprint density at radius 2 is 1.84 bits per heavy atom. The van der Waals surface area contributed by atoms with Crippen LogP contribution in [0.3, 0.4) is 0 Å². The number of nitrogens with zero attached hydrogens (tertiary/aromatic N) is 1. The molecule has 0 unspecified atom stereocenters. The van der Waals surface area contributed by atoms with Crippen LogP contribution in [-0.4, -0.2) is 28.2 Å². The van der Waals surface area contributed by atoms with E-state index in [9.17, 15) is 9.59 Å². The lowest BCUT2D eigenvalue weighted by Crippen LogP contribution is -2.17. The Morgan fingerprint density at radius 3 is 2.53 bits per heavy atom. The summed E-state index contributed by atoms with van der Waals surface area (Å²) in [5.74, 6) is -0.572. The second kappa shape index (κ2) is 10.6. The summed E-state index contributed by atoms with van der Waals surface area (Å²) < 4.78 is 7.77. The van der Waals surface area contributed by atoms with Gasteiger partial charge in [0.1, 0.15) is 12.4 Å². The molecule has 168 valence electrons. The Labute approximate surface area is 196 Å². The van der Waals surface area contributed by atoms with Crippen molar-refractivity contribution in [1.82, 2.24) is 4.57 Å². The molecule has 2 N–H and O–H groups in total. The van der Waals surface area contributed by atoms with Crippen molar-refractivity contribution in [3.8, 4) is 5.75 Å². The van der Waals surface area contributed by atoms with Gasteiger partial charge < -0.3 is 19.7 Å². The van der Waals surface area contributed by atoms with Crippen LogP contribution in [0.1, 0.15) is 41.4 Å². The maximum atomic E-state index is 13.0. The Hall–Kier alpha value is -2.96. The van der Waals surface area contributed by atoms with Crippen molar-refractivity contribution >= 4 is 40.8 Å². The first-order valence-corrected chi connectivity index (χ1v) is 10.9. The van der Waals surface area contributed by atoms with Gasteiger partial charge in [0, 0.05) is 11.9 Å². The maximum absolute atomic E-state index is 13.0. The Balaban J connectivity index is 1.75. The molecule has 1 heterocycles.